The quantitative estimate of drug-likeness (QED) is 0.796. The summed E-state index contributed by atoms with van der Waals surface area (Å²) in [6.07, 6.45) is 3.16. The molecule has 0 aliphatic carbocycles. The zero-order valence-corrected chi connectivity index (χ0v) is 17.4. The number of nitrogens with zero attached hydrogens (tertiary/aromatic N) is 4. The van der Waals surface area contributed by atoms with E-state index in [0.29, 0.717) is 12.2 Å². The van der Waals surface area contributed by atoms with Crippen LogP contribution in [0.4, 0.5) is 4.79 Å². The van der Waals surface area contributed by atoms with E-state index in [-0.39, 0.29) is 18.0 Å². The third kappa shape index (κ3) is 3.13. The molecule has 154 valence electrons. The largest absolute Gasteiger partial charge is 0.444 e. The third-order valence-corrected chi connectivity index (χ3v) is 5.72. The summed E-state index contributed by atoms with van der Waals surface area (Å²) < 4.78 is 5.59. The number of rotatable bonds is 3. The van der Waals surface area contributed by atoms with Crippen LogP contribution in [0.2, 0.25) is 0 Å². The highest BCUT2D eigenvalue weighted by atomic mass is 16.6. The second-order valence-corrected chi connectivity index (χ2v) is 8.84. The molecule has 0 radical (unpaired) electrons. The van der Waals surface area contributed by atoms with Gasteiger partial charge >= 0.3 is 6.09 Å². The Morgan fingerprint density at radius 2 is 1.93 bits per heavy atom. The second kappa shape index (κ2) is 6.99. The van der Waals surface area contributed by atoms with Gasteiger partial charge in [0.2, 0.25) is 0 Å². The molecule has 0 aromatic carbocycles. The van der Waals surface area contributed by atoms with Crippen molar-refractivity contribution in [3.05, 3.63) is 24.3 Å². The highest BCUT2D eigenvalue weighted by Crippen LogP contribution is 2.50. The Morgan fingerprint density at radius 3 is 2.43 bits per heavy atom. The lowest BCUT2D eigenvalue weighted by Crippen LogP contribution is -2.79. The summed E-state index contributed by atoms with van der Waals surface area (Å²) in [6, 6.07) is 0.641. The van der Waals surface area contributed by atoms with Crippen LogP contribution in [0.5, 0.6) is 0 Å². The van der Waals surface area contributed by atoms with Crippen molar-refractivity contribution in [2.75, 3.05) is 0 Å². The summed E-state index contributed by atoms with van der Waals surface area (Å²) in [4.78, 5) is 38.0. The first-order chi connectivity index (χ1) is 13.0. The predicted octanol–water partition coefficient (Wildman–Crippen LogP) is 2.29. The molecule has 2 amide bonds. The van der Waals surface area contributed by atoms with Crippen LogP contribution in [-0.2, 0) is 9.53 Å². The van der Waals surface area contributed by atoms with Crippen molar-refractivity contribution in [3.8, 4) is 0 Å². The first-order valence-corrected chi connectivity index (χ1v) is 9.80. The first-order valence-electron chi connectivity index (χ1n) is 9.80. The molecule has 8 nitrogen and oxygen atoms in total. The zero-order chi connectivity index (χ0) is 20.9. The van der Waals surface area contributed by atoms with Gasteiger partial charge in [0.15, 0.2) is 5.82 Å². The van der Waals surface area contributed by atoms with Crippen LogP contribution in [0, 0.1) is 0 Å². The molecular formula is C20H30N4O4. The summed E-state index contributed by atoms with van der Waals surface area (Å²) >= 11 is 0. The maximum absolute atomic E-state index is 13.5. The lowest BCUT2D eigenvalue weighted by Gasteiger charge is -2.59. The second-order valence-electron chi connectivity index (χ2n) is 8.84. The maximum atomic E-state index is 13.5. The van der Waals surface area contributed by atoms with Crippen LogP contribution in [0.25, 0.3) is 0 Å². The molecule has 28 heavy (non-hydrogen) atoms. The van der Waals surface area contributed by atoms with E-state index in [1.54, 1.807) is 35.2 Å². The summed E-state index contributed by atoms with van der Waals surface area (Å²) in [7, 11) is 0. The molecule has 1 spiro atoms. The number of carbonyl (C=O) groups excluding carboxylic acids is 2. The van der Waals surface area contributed by atoms with Gasteiger partial charge in [-0.15, -0.1) is 0 Å². The number of hydrogen-bond donors (Lipinski definition) is 1. The molecule has 3 heterocycles. The van der Waals surface area contributed by atoms with Crippen molar-refractivity contribution < 1.29 is 19.4 Å². The number of ether oxygens (including phenoxy) is 1. The molecule has 8 heteroatoms. The topological polar surface area (TPSA) is 95.9 Å². The highest BCUT2D eigenvalue weighted by Gasteiger charge is 2.68. The Labute approximate surface area is 165 Å². The normalized spacial score (nSPS) is 29.6. The minimum Gasteiger partial charge on any atom is -0.444 e. The average Bonchev–Trinajstić information content (AvgIpc) is 2.97. The molecule has 5 atom stereocenters. The van der Waals surface area contributed by atoms with E-state index in [2.05, 4.69) is 9.97 Å². The van der Waals surface area contributed by atoms with Gasteiger partial charge in [0, 0.05) is 18.4 Å². The van der Waals surface area contributed by atoms with E-state index in [1.165, 1.54) is 0 Å². The van der Waals surface area contributed by atoms with E-state index in [1.807, 2.05) is 34.6 Å². The number of likely N-dealkylation sites (tertiary alicyclic amines) is 2. The molecule has 0 saturated carbocycles. The van der Waals surface area contributed by atoms with E-state index in [4.69, 9.17) is 4.74 Å². The molecule has 0 bridgehead atoms. The minimum absolute atomic E-state index is 0.0959. The summed E-state index contributed by atoms with van der Waals surface area (Å²) in [5.41, 5.74) is -1.58. The van der Waals surface area contributed by atoms with E-state index in [0.717, 1.165) is 6.42 Å². The van der Waals surface area contributed by atoms with E-state index in [9.17, 15) is 14.7 Å². The monoisotopic (exact) mass is 390 g/mol. The van der Waals surface area contributed by atoms with Gasteiger partial charge in [0.1, 0.15) is 17.2 Å². The smallest absolute Gasteiger partial charge is 0.411 e. The van der Waals surface area contributed by atoms with Crippen molar-refractivity contribution in [1.29, 1.82) is 0 Å². The molecule has 1 N–H and O–H groups in total. The number of aliphatic hydroxyl groups excluding tert-OH is 1. The SMILES string of the molecule is CC1CCC2(C(=O)N(C(c3ncccn3)[C@@H](C)O)C2C)N1C(=O)OC(C)(C)C. The van der Waals surface area contributed by atoms with Gasteiger partial charge in [-0.1, -0.05) is 0 Å². The van der Waals surface area contributed by atoms with Crippen molar-refractivity contribution in [2.45, 2.75) is 89.8 Å². The Morgan fingerprint density at radius 1 is 1.32 bits per heavy atom. The van der Waals surface area contributed by atoms with Gasteiger partial charge in [-0.2, -0.15) is 0 Å². The Balaban J connectivity index is 1.92. The van der Waals surface area contributed by atoms with Crippen molar-refractivity contribution in [3.63, 3.8) is 0 Å². The molecular weight excluding hydrogens is 360 g/mol. The van der Waals surface area contributed by atoms with Crippen molar-refractivity contribution in [1.82, 2.24) is 19.8 Å². The summed E-state index contributed by atoms with van der Waals surface area (Å²) in [5, 5.41) is 10.4. The Bertz CT molecular complexity index is 748. The number of hydrogen-bond acceptors (Lipinski definition) is 6. The Hall–Kier alpha value is -2.22. The van der Waals surface area contributed by atoms with Crippen molar-refractivity contribution >= 4 is 12.0 Å². The summed E-state index contributed by atoms with van der Waals surface area (Å²) in [6.45, 7) is 10.9. The van der Waals surface area contributed by atoms with E-state index < -0.39 is 29.4 Å². The van der Waals surface area contributed by atoms with Gasteiger partial charge in [0.25, 0.3) is 5.91 Å². The standard InChI is InChI=1S/C20H30N4O4/c1-12-8-9-20(24(12)18(27)28-19(4,5)6)14(3)23(17(20)26)15(13(2)25)16-21-10-7-11-22-16/h7,10-15,25H,8-9H2,1-6H3/t12?,13-,14?,15?,20?/m1/s1. The van der Waals surface area contributed by atoms with Crippen LogP contribution >= 0.6 is 0 Å². The number of aromatic nitrogens is 2. The Kier molecular flexibility index (Phi) is 5.12. The number of amides is 2. The van der Waals surface area contributed by atoms with Gasteiger partial charge in [-0.05, 0) is 60.5 Å². The summed E-state index contributed by atoms with van der Waals surface area (Å²) in [5.74, 6) is 0.205. The molecule has 3 rings (SSSR count). The molecule has 2 aliphatic rings. The lowest BCUT2D eigenvalue weighted by atomic mass is 9.75. The molecule has 4 unspecified atom stereocenters. The predicted molar refractivity (Wildman–Crippen MR) is 102 cm³/mol. The van der Waals surface area contributed by atoms with Gasteiger partial charge in [0.05, 0.1) is 12.1 Å². The average molecular weight is 390 g/mol. The highest BCUT2D eigenvalue weighted by molar-refractivity contribution is 5.98. The molecule has 1 aromatic heterocycles. The van der Waals surface area contributed by atoms with Crippen LogP contribution in [0.1, 0.15) is 66.3 Å². The van der Waals surface area contributed by atoms with Gasteiger partial charge in [-0.25, -0.2) is 14.8 Å². The van der Waals surface area contributed by atoms with Gasteiger partial charge in [-0.3, -0.25) is 9.69 Å². The third-order valence-electron chi connectivity index (χ3n) is 5.72. The minimum atomic E-state index is -0.941. The number of β-lactam (4-membered cyclic amide) rings is 1. The maximum Gasteiger partial charge on any atom is 0.411 e. The van der Waals surface area contributed by atoms with Gasteiger partial charge < -0.3 is 14.7 Å². The molecule has 2 fully saturated rings. The molecule has 2 saturated heterocycles. The van der Waals surface area contributed by atoms with Crippen LogP contribution in [0.3, 0.4) is 0 Å². The number of aliphatic hydroxyl groups is 1. The molecule has 1 aromatic rings. The first kappa shape index (κ1) is 20.5. The lowest BCUT2D eigenvalue weighted by molar-refractivity contribution is -0.183. The zero-order valence-electron chi connectivity index (χ0n) is 17.4. The fraction of sp³-hybridized carbons (Fsp3) is 0.700. The fourth-order valence-corrected chi connectivity index (χ4v) is 4.49. The van der Waals surface area contributed by atoms with Crippen LogP contribution in [-0.4, -0.2) is 66.2 Å². The molecule has 2 aliphatic heterocycles. The van der Waals surface area contributed by atoms with Crippen molar-refractivity contribution in [2.24, 2.45) is 0 Å². The van der Waals surface area contributed by atoms with Crippen LogP contribution < -0.4 is 0 Å². The van der Waals surface area contributed by atoms with E-state index >= 15 is 0 Å². The van der Waals surface area contributed by atoms with Crippen LogP contribution in [0.15, 0.2) is 18.5 Å². The number of carbonyl (C=O) groups is 2. The fourth-order valence-electron chi connectivity index (χ4n) is 4.49.